The van der Waals surface area contributed by atoms with Crippen LogP contribution in [0.5, 0.6) is 0 Å². The number of amides is 3. The van der Waals surface area contributed by atoms with E-state index in [9.17, 15) is 36.3 Å². The van der Waals surface area contributed by atoms with E-state index in [1.807, 2.05) is 57.2 Å². The van der Waals surface area contributed by atoms with Crippen molar-refractivity contribution in [2.75, 3.05) is 0 Å². The number of carbonyl (C=O) groups is 3. The van der Waals surface area contributed by atoms with E-state index in [2.05, 4.69) is 108 Å². The van der Waals surface area contributed by atoms with E-state index in [1.54, 1.807) is 136 Å². The van der Waals surface area contributed by atoms with Gasteiger partial charge in [-0.1, -0.05) is 82.8 Å². The minimum absolute atomic E-state index is 0. The van der Waals surface area contributed by atoms with Crippen LogP contribution in [-0.2, 0) is 0 Å². The van der Waals surface area contributed by atoms with Crippen molar-refractivity contribution in [2.24, 2.45) is 5.73 Å². The molecule has 3 amide bonds. The molecule has 4 heterocycles. The van der Waals surface area contributed by atoms with Crippen LogP contribution < -0.4 is 21.7 Å². The molecule has 0 aliphatic heterocycles. The van der Waals surface area contributed by atoms with Crippen LogP contribution in [0.4, 0.5) is 22.0 Å². The summed E-state index contributed by atoms with van der Waals surface area (Å²) in [6, 6.07) is 54.0. The van der Waals surface area contributed by atoms with E-state index in [1.165, 1.54) is 60.7 Å². The summed E-state index contributed by atoms with van der Waals surface area (Å²) in [6.07, 6.45) is 6.62. The highest BCUT2D eigenvalue weighted by Crippen LogP contribution is 2.32. The van der Waals surface area contributed by atoms with Gasteiger partial charge in [-0.25, -0.2) is 22.0 Å². The van der Waals surface area contributed by atoms with Crippen molar-refractivity contribution in [1.82, 2.24) is 35.9 Å². The second-order valence-electron chi connectivity index (χ2n) is 24.5. The zero-order chi connectivity index (χ0) is 81.6. The number of aryl methyl sites for hydroxylation is 5. The molecule has 580 valence electrons. The number of halogens is 12. The fraction of sp³-hybridized carbons (Fsp3) is 0.107. The summed E-state index contributed by atoms with van der Waals surface area (Å²) in [6.45, 7) is 9.36. The molecule has 30 heteroatoms. The summed E-state index contributed by atoms with van der Waals surface area (Å²) in [5, 5.41) is 44.5. The standard InChI is InChI=1S/C23H19ClFN3O.C21H14BrClFN3O.C20H11BrClF2N3O.C13H12BrClN2.C7H4FNS.2H2O/c1-13-8-15(3)21(27-12-13)22(16-6-7-19(24)20(25)10-16)28-23(29)17-4-5-18(11-26)14(2)9-17;1-12-8-14(2-3-15(12)10-25)21(28)27-20(19-7-5-16(22)11-26-19)13-4-6-17(23)18(24)9-13;21-14-4-6-18(26-10-14)19(11-3-5-15(22)17(24)7-11)27-20(28)12-1-2-13(9-25)16(23)8-12;1-8-6-10(14)7-17-13(8)12(16)9-2-4-11(15)5-3-9;8-7-3-6(10)2-1-5(7)4-9;;/h4-10,12,22H,1-3H3,(H,28,29);2-9,11,20H,1H3,(H,27,28);1-8,10,19H,(H,27,28);2-7,12H,16H2,1H3;1-3,10H;2*1H2/t22-;20-;19-;12-;;;/m0000.../s1. The van der Waals surface area contributed by atoms with Crippen molar-refractivity contribution in [1.29, 1.82) is 21.0 Å². The average Bonchev–Trinajstić information content (AvgIpc) is 0.811. The topological polar surface area (TPSA) is 323 Å². The van der Waals surface area contributed by atoms with Crippen molar-refractivity contribution in [3.05, 3.63) is 387 Å². The van der Waals surface area contributed by atoms with Gasteiger partial charge in [-0.3, -0.25) is 34.3 Å². The molecule has 4 aromatic heterocycles. The SMILES string of the molecule is Cc1cc(Br)cnc1[C@@H](N)c1ccc(Cl)cc1.Cc1cc(C(=O)N[C@@H](c2ccc(Cl)c(F)c2)c2ccc(Br)cn2)ccc1C#N.Cc1cnc([C@@H](NC(=O)c2ccc(C#N)c(C)c2)c2ccc(Cl)c(F)c2)c(C)c1.N#Cc1ccc(C(=O)N[C@@H](c2ccc(Cl)c(F)c2)c2ccc(Br)cn2)cc1F.N#Cc1ccc(S)cc1F.O.O. The molecule has 17 nitrogen and oxygen atoms in total. The van der Waals surface area contributed by atoms with Gasteiger partial charge in [0.05, 0.1) is 96.4 Å². The smallest absolute Gasteiger partial charge is 0.252 e. The molecular formula is C84H64Br3Cl4F5N12O5S. The minimum Gasteiger partial charge on any atom is -0.412 e. The molecule has 8 aromatic carbocycles. The summed E-state index contributed by atoms with van der Waals surface area (Å²) >= 11 is 37.1. The maximum atomic E-state index is 14.1. The molecule has 0 fully saturated rings. The van der Waals surface area contributed by atoms with Crippen molar-refractivity contribution in [3.63, 3.8) is 0 Å². The third-order valence-electron chi connectivity index (χ3n) is 16.5. The Kier molecular flexibility index (Phi) is 35.1. The number of nitrogens with two attached hydrogens (primary N) is 1. The number of nitrogens with one attached hydrogen (secondary N) is 3. The first-order chi connectivity index (χ1) is 53.4. The zero-order valence-corrected chi connectivity index (χ0v) is 69.1. The van der Waals surface area contributed by atoms with Gasteiger partial charge in [0.2, 0.25) is 0 Å². The Morgan fingerprint density at radius 2 is 0.763 bits per heavy atom. The number of pyridine rings is 4. The van der Waals surface area contributed by atoms with E-state index in [0.29, 0.717) is 77.1 Å². The lowest BCUT2D eigenvalue weighted by Gasteiger charge is -2.21. The molecule has 0 aliphatic rings. The first kappa shape index (κ1) is 92.1. The Bertz CT molecular complexity index is 5490. The monoisotopic (exact) mass is 1820 g/mol. The van der Waals surface area contributed by atoms with E-state index < -0.39 is 53.1 Å². The molecule has 0 bridgehead atoms. The predicted octanol–water partition coefficient (Wildman–Crippen LogP) is 19.9. The normalized spacial score (nSPS) is 11.3. The van der Waals surface area contributed by atoms with Crippen molar-refractivity contribution < 1.29 is 47.3 Å². The molecule has 4 atom stereocenters. The van der Waals surface area contributed by atoms with Gasteiger partial charge < -0.3 is 32.6 Å². The Hall–Kier alpha value is -10.8. The van der Waals surface area contributed by atoms with E-state index in [0.717, 1.165) is 47.4 Å². The van der Waals surface area contributed by atoms with Crippen LogP contribution in [0, 0.1) is 109 Å². The van der Waals surface area contributed by atoms with E-state index in [-0.39, 0.29) is 60.6 Å². The molecule has 0 saturated heterocycles. The molecular weight excluding hydrogens is 1770 g/mol. The third kappa shape index (κ3) is 25.4. The quantitative estimate of drug-likeness (QED) is 0.0501. The second-order valence-corrected chi connectivity index (χ2v) is 29.4. The van der Waals surface area contributed by atoms with Gasteiger partial charge >= 0.3 is 0 Å². The summed E-state index contributed by atoms with van der Waals surface area (Å²) < 4.78 is 71.0. The number of benzene rings is 8. The molecule has 0 spiro atoms. The Morgan fingerprint density at radius 3 is 1.14 bits per heavy atom. The lowest BCUT2D eigenvalue weighted by atomic mass is 9.98. The van der Waals surface area contributed by atoms with Crippen molar-refractivity contribution in [2.45, 2.75) is 63.7 Å². The van der Waals surface area contributed by atoms with Crippen LogP contribution >= 0.6 is 107 Å². The predicted molar refractivity (Wildman–Crippen MR) is 442 cm³/mol. The number of carbonyl (C=O) groups excluding carboxylic acids is 3. The molecule has 114 heavy (non-hydrogen) atoms. The van der Waals surface area contributed by atoms with Crippen LogP contribution in [0.3, 0.4) is 0 Å². The minimum atomic E-state index is -0.800. The molecule has 12 rings (SSSR count). The highest BCUT2D eigenvalue weighted by molar-refractivity contribution is 9.11. The highest BCUT2D eigenvalue weighted by Gasteiger charge is 2.26. The lowest BCUT2D eigenvalue weighted by molar-refractivity contribution is 0.0934. The highest BCUT2D eigenvalue weighted by atomic mass is 79.9. The van der Waals surface area contributed by atoms with E-state index >= 15 is 0 Å². The van der Waals surface area contributed by atoms with Crippen molar-refractivity contribution >= 4 is 125 Å². The van der Waals surface area contributed by atoms with Gasteiger partial charge in [0, 0.05) is 64.8 Å². The second kappa shape index (κ2) is 43.5. The number of hydrogen-bond donors (Lipinski definition) is 5. The summed E-state index contributed by atoms with van der Waals surface area (Å²) in [5.41, 5.74) is 17.2. The van der Waals surface area contributed by atoms with Gasteiger partial charge in [-0.2, -0.15) is 21.0 Å². The number of rotatable bonds is 14. The zero-order valence-electron chi connectivity index (χ0n) is 60.4. The van der Waals surface area contributed by atoms with Gasteiger partial charge in [0.1, 0.15) is 41.2 Å². The van der Waals surface area contributed by atoms with Crippen LogP contribution in [0.15, 0.2) is 231 Å². The Balaban J connectivity index is 0.000000228. The molecule has 0 saturated carbocycles. The molecule has 9 N–H and O–H groups in total. The number of nitrogens with zero attached hydrogens (tertiary/aromatic N) is 8. The van der Waals surface area contributed by atoms with Crippen molar-refractivity contribution in [3.8, 4) is 24.3 Å². The maximum absolute atomic E-state index is 14.1. The number of thiol groups is 1. The summed E-state index contributed by atoms with van der Waals surface area (Å²) in [7, 11) is 0. The van der Waals surface area contributed by atoms with Crippen LogP contribution in [0.1, 0.15) is 150 Å². The van der Waals surface area contributed by atoms with Gasteiger partial charge in [-0.15, -0.1) is 12.6 Å². The first-order valence-electron chi connectivity index (χ1n) is 33.1. The summed E-state index contributed by atoms with van der Waals surface area (Å²) in [4.78, 5) is 56.4. The number of nitriles is 4. The molecule has 0 radical (unpaired) electrons. The fourth-order valence-corrected chi connectivity index (χ4v) is 12.3. The maximum Gasteiger partial charge on any atom is 0.252 e. The Labute approximate surface area is 704 Å². The Morgan fingerprint density at radius 1 is 0.395 bits per heavy atom. The number of hydrogen-bond acceptors (Lipinski definition) is 13. The average molecular weight is 1830 g/mol. The van der Waals surface area contributed by atoms with Crippen LogP contribution in [0.2, 0.25) is 20.1 Å². The largest absolute Gasteiger partial charge is 0.412 e. The fourth-order valence-electron chi connectivity index (χ4n) is 10.7. The lowest BCUT2D eigenvalue weighted by Crippen LogP contribution is -2.30. The first-order valence-corrected chi connectivity index (χ1v) is 37.4. The molecule has 0 unspecified atom stereocenters. The van der Waals surface area contributed by atoms with Gasteiger partial charge in [0.25, 0.3) is 17.7 Å². The molecule has 12 aromatic rings. The van der Waals surface area contributed by atoms with Gasteiger partial charge in [0.15, 0.2) is 0 Å². The van der Waals surface area contributed by atoms with Crippen LogP contribution in [-0.4, -0.2) is 48.6 Å². The van der Waals surface area contributed by atoms with E-state index in [4.69, 9.17) is 73.2 Å². The summed E-state index contributed by atoms with van der Waals surface area (Å²) in [5.74, 6) is -4.42. The van der Waals surface area contributed by atoms with Gasteiger partial charge in [-0.05, 0) is 284 Å². The number of aromatic nitrogens is 4. The third-order valence-corrected chi connectivity index (χ3v) is 19.4. The molecule has 0 aliphatic carbocycles. The van der Waals surface area contributed by atoms with Crippen LogP contribution in [0.25, 0.3) is 0 Å².